The van der Waals surface area contributed by atoms with Crippen LogP contribution in [-0.2, 0) is 6.54 Å². The maximum atomic E-state index is 12.3. The lowest BCUT2D eigenvalue weighted by molar-refractivity contribution is 0.0951. The molecule has 2 N–H and O–H groups in total. The molecule has 6 nitrogen and oxygen atoms in total. The van der Waals surface area contributed by atoms with Crippen molar-refractivity contribution in [3.8, 4) is 11.3 Å². The van der Waals surface area contributed by atoms with Crippen LogP contribution >= 0.6 is 0 Å². The van der Waals surface area contributed by atoms with Crippen LogP contribution < -0.4 is 10.6 Å². The minimum absolute atomic E-state index is 0.0681. The highest BCUT2D eigenvalue weighted by Gasteiger charge is 2.18. The molecule has 0 radical (unpaired) electrons. The van der Waals surface area contributed by atoms with Crippen LogP contribution in [0.15, 0.2) is 73.2 Å². The normalized spacial score (nSPS) is 14.6. The lowest BCUT2D eigenvalue weighted by Crippen LogP contribution is -2.29. The molecule has 0 unspecified atom stereocenters. The lowest BCUT2D eigenvalue weighted by atomic mass is 10.1. The summed E-state index contributed by atoms with van der Waals surface area (Å²) in [6.07, 6.45) is 6.04. The number of nitrogens with one attached hydrogen (secondary N) is 2. The molecule has 1 amide bonds. The SMILES string of the molecule is O=C(NCc1ccc(-c2ncnc3c2ccn3C2CCNCC2)cc1)c1ccccc1. The second kappa shape index (κ2) is 8.70. The van der Waals surface area contributed by atoms with Crippen molar-refractivity contribution in [2.24, 2.45) is 0 Å². The number of fused-ring (bicyclic) bond motifs is 1. The Kier molecular flexibility index (Phi) is 5.46. The van der Waals surface area contributed by atoms with Gasteiger partial charge in [0.25, 0.3) is 5.91 Å². The smallest absolute Gasteiger partial charge is 0.251 e. The van der Waals surface area contributed by atoms with Gasteiger partial charge < -0.3 is 15.2 Å². The molecule has 0 spiro atoms. The third kappa shape index (κ3) is 4.07. The summed E-state index contributed by atoms with van der Waals surface area (Å²) in [5, 5.41) is 7.47. The molecule has 1 aliphatic heterocycles. The number of hydrogen-bond acceptors (Lipinski definition) is 4. The van der Waals surface area contributed by atoms with E-state index in [9.17, 15) is 4.79 Å². The number of nitrogens with zero attached hydrogens (tertiary/aromatic N) is 3. The van der Waals surface area contributed by atoms with E-state index in [0.29, 0.717) is 18.2 Å². The highest BCUT2D eigenvalue weighted by atomic mass is 16.1. The first kappa shape index (κ1) is 19.5. The van der Waals surface area contributed by atoms with Crippen LogP contribution in [0.5, 0.6) is 0 Å². The van der Waals surface area contributed by atoms with Gasteiger partial charge in [0.05, 0.1) is 5.69 Å². The summed E-state index contributed by atoms with van der Waals surface area (Å²) in [6.45, 7) is 2.58. The van der Waals surface area contributed by atoms with E-state index in [0.717, 1.165) is 53.8 Å². The first-order valence-electron chi connectivity index (χ1n) is 10.7. The maximum Gasteiger partial charge on any atom is 0.251 e. The quantitative estimate of drug-likeness (QED) is 0.522. The van der Waals surface area contributed by atoms with E-state index in [4.69, 9.17) is 0 Å². The summed E-state index contributed by atoms with van der Waals surface area (Å²) < 4.78 is 2.30. The summed E-state index contributed by atoms with van der Waals surface area (Å²) in [4.78, 5) is 21.4. The molecule has 0 atom stereocenters. The Hall–Kier alpha value is -3.51. The average molecular weight is 412 g/mol. The predicted octanol–water partition coefficient (Wildman–Crippen LogP) is 3.95. The molecule has 1 fully saturated rings. The van der Waals surface area contributed by atoms with Crippen molar-refractivity contribution in [2.75, 3.05) is 13.1 Å². The molecule has 3 heterocycles. The first-order valence-corrected chi connectivity index (χ1v) is 10.7. The van der Waals surface area contributed by atoms with Crippen molar-refractivity contribution in [1.29, 1.82) is 0 Å². The Bertz CT molecular complexity index is 1180. The summed E-state index contributed by atoms with van der Waals surface area (Å²) in [5.41, 5.74) is 4.70. The topological polar surface area (TPSA) is 71.8 Å². The van der Waals surface area contributed by atoms with Gasteiger partial charge >= 0.3 is 0 Å². The van der Waals surface area contributed by atoms with E-state index in [2.05, 4.69) is 49.6 Å². The van der Waals surface area contributed by atoms with Crippen LogP contribution in [0.3, 0.4) is 0 Å². The van der Waals surface area contributed by atoms with Crippen molar-refractivity contribution in [3.05, 3.63) is 84.3 Å². The third-order valence-electron chi connectivity index (χ3n) is 5.93. The molecular weight excluding hydrogens is 386 g/mol. The number of carbonyl (C=O) groups is 1. The van der Waals surface area contributed by atoms with Crippen LogP contribution in [0.2, 0.25) is 0 Å². The van der Waals surface area contributed by atoms with Crippen LogP contribution in [0, 0.1) is 0 Å². The molecule has 2 aromatic heterocycles. The molecule has 156 valence electrons. The maximum absolute atomic E-state index is 12.3. The van der Waals surface area contributed by atoms with Crippen molar-refractivity contribution < 1.29 is 4.79 Å². The standard InChI is InChI=1S/C25H25N5O/c31-25(20-4-2-1-3-5-20)27-16-18-6-8-19(9-7-18)23-22-12-15-30(24(22)29-17-28-23)21-10-13-26-14-11-21/h1-9,12,15,17,21,26H,10-11,13-14,16H2,(H,27,31). The Morgan fingerprint density at radius 1 is 1.00 bits per heavy atom. The van der Waals surface area contributed by atoms with E-state index in [-0.39, 0.29) is 5.91 Å². The van der Waals surface area contributed by atoms with E-state index in [1.165, 1.54) is 0 Å². The molecule has 5 rings (SSSR count). The minimum atomic E-state index is -0.0681. The van der Waals surface area contributed by atoms with Crippen molar-refractivity contribution in [3.63, 3.8) is 0 Å². The van der Waals surface area contributed by atoms with Crippen molar-refractivity contribution >= 4 is 16.9 Å². The number of carbonyl (C=O) groups excluding carboxylic acids is 1. The second-order valence-electron chi connectivity index (χ2n) is 7.91. The number of rotatable bonds is 5. The van der Waals surface area contributed by atoms with Crippen molar-refractivity contribution in [1.82, 2.24) is 25.2 Å². The van der Waals surface area contributed by atoms with Crippen LogP contribution in [0.1, 0.15) is 34.8 Å². The molecule has 2 aromatic carbocycles. The molecule has 1 saturated heterocycles. The zero-order valence-corrected chi connectivity index (χ0v) is 17.3. The van der Waals surface area contributed by atoms with E-state index in [1.54, 1.807) is 6.33 Å². The summed E-state index contributed by atoms with van der Waals surface area (Å²) in [5.74, 6) is -0.0681. The summed E-state index contributed by atoms with van der Waals surface area (Å²) in [7, 11) is 0. The third-order valence-corrected chi connectivity index (χ3v) is 5.93. The number of aromatic nitrogens is 3. The minimum Gasteiger partial charge on any atom is -0.348 e. The summed E-state index contributed by atoms with van der Waals surface area (Å²) in [6, 6.07) is 20.1. The number of benzene rings is 2. The van der Waals surface area contributed by atoms with E-state index >= 15 is 0 Å². The molecule has 1 aliphatic rings. The van der Waals surface area contributed by atoms with Gasteiger partial charge in [0.2, 0.25) is 0 Å². The summed E-state index contributed by atoms with van der Waals surface area (Å²) >= 11 is 0. The van der Waals surface area contributed by atoms with Gasteiger partial charge in [-0.05, 0) is 49.7 Å². The van der Waals surface area contributed by atoms with Gasteiger partial charge in [0.1, 0.15) is 12.0 Å². The van der Waals surface area contributed by atoms with Crippen molar-refractivity contribution in [2.45, 2.75) is 25.4 Å². The zero-order chi connectivity index (χ0) is 21.0. The molecule has 0 bridgehead atoms. The molecule has 31 heavy (non-hydrogen) atoms. The second-order valence-corrected chi connectivity index (χ2v) is 7.91. The average Bonchev–Trinajstić information content (AvgIpc) is 3.28. The van der Waals surface area contributed by atoms with Crippen LogP contribution in [0.25, 0.3) is 22.3 Å². The molecule has 6 heteroatoms. The Balaban J connectivity index is 1.33. The highest BCUT2D eigenvalue weighted by molar-refractivity contribution is 5.94. The molecule has 4 aromatic rings. The lowest BCUT2D eigenvalue weighted by Gasteiger charge is -2.24. The van der Waals surface area contributed by atoms with Crippen LogP contribution in [-0.4, -0.2) is 33.5 Å². The monoisotopic (exact) mass is 411 g/mol. The van der Waals surface area contributed by atoms with Gasteiger partial charge in [-0.3, -0.25) is 4.79 Å². The van der Waals surface area contributed by atoms with Gasteiger partial charge in [-0.15, -0.1) is 0 Å². The number of hydrogen-bond donors (Lipinski definition) is 2. The Labute approximate surface area is 181 Å². The fourth-order valence-electron chi connectivity index (χ4n) is 4.23. The van der Waals surface area contributed by atoms with E-state index < -0.39 is 0 Å². The van der Waals surface area contributed by atoms with Gasteiger partial charge in [-0.25, -0.2) is 9.97 Å². The fourth-order valence-corrected chi connectivity index (χ4v) is 4.23. The zero-order valence-electron chi connectivity index (χ0n) is 17.3. The van der Waals surface area contributed by atoms with E-state index in [1.807, 2.05) is 42.5 Å². The van der Waals surface area contributed by atoms with Gasteiger partial charge in [-0.1, -0.05) is 42.5 Å². The molecule has 0 aliphatic carbocycles. The number of piperidine rings is 1. The predicted molar refractivity (Wildman–Crippen MR) is 122 cm³/mol. The number of amides is 1. The van der Waals surface area contributed by atoms with Gasteiger partial charge in [-0.2, -0.15) is 0 Å². The Morgan fingerprint density at radius 2 is 1.77 bits per heavy atom. The largest absolute Gasteiger partial charge is 0.348 e. The molecular formula is C25H25N5O. The highest BCUT2D eigenvalue weighted by Crippen LogP contribution is 2.30. The Morgan fingerprint density at radius 3 is 2.55 bits per heavy atom. The fraction of sp³-hybridized carbons (Fsp3) is 0.240. The van der Waals surface area contributed by atoms with Gasteiger partial charge in [0.15, 0.2) is 0 Å². The van der Waals surface area contributed by atoms with Crippen LogP contribution in [0.4, 0.5) is 0 Å². The first-order chi connectivity index (χ1) is 15.3. The molecule has 0 saturated carbocycles. The van der Waals surface area contributed by atoms with Gasteiger partial charge in [0, 0.05) is 35.3 Å².